The summed E-state index contributed by atoms with van der Waals surface area (Å²) < 4.78 is 4.55. The SMILES string of the molecule is CC(C)(C)OC=O.CC1CCCCCCCCC1. The van der Waals surface area contributed by atoms with Gasteiger partial charge in [-0.25, -0.2) is 0 Å². The topological polar surface area (TPSA) is 26.3 Å². The summed E-state index contributed by atoms with van der Waals surface area (Å²) in [6.45, 7) is 8.34. The lowest BCUT2D eigenvalue weighted by atomic mass is 9.94. The Morgan fingerprint density at radius 1 is 0.889 bits per heavy atom. The Morgan fingerprint density at radius 2 is 1.28 bits per heavy atom. The molecule has 0 atom stereocenters. The number of hydrogen-bond donors (Lipinski definition) is 0. The van der Waals surface area contributed by atoms with Crippen LogP contribution in [0.3, 0.4) is 0 Å². The molecule has 0 aromatic carbocycles. The van der Waals surface area contributed by atoms with Crippen molar-refractivity contribution in [3.05, 3.63) is 0 Å². The van der Waals surface area contributed by atoms with Gasteiger partial charge in [-0.3, -0.25) is 4.79 Å². The largest absolute Gasteiger partial charge is 0.462 e. The molecule has 1 rings (SSSR count). The number of carbonyl (C=O) groups excluding carboxylic acids is 1. The summed E-state index contributed by atoms with van der Waals surface area (Å²) >= 11 is 0. The Bertz CT molecular complexity index is 184. The molecule has 1 saturated carbocycles. The van der Waals surface area contributed by atoms with E-state index in [0.717, 1.165) is 5.92 Å². The second-order valence-electron chi connectivity index (χ2n) is 6.48. The van der Waals surface area contributed by atoms with Crippen LogP contribution in [0.5, 0.6) is 0 Å². The van der Waals surface area contributed by atoms with Gasteiger partial charge in [0.25, 0.3) is 6.47 Å². The normalized spacial score (nSPS) is 19.3. The average molecular weight is 256 g/mol. The fraction of sp³-hybridized carbons (Fsp3) is 0.938. The zero-order chi connectivity index (χ0) is 13.9. The first-order valence-electron chi connectivity index (χ1n) is 7.57. The molecule has 0 N–H and O–H groups in total. The quantitative estimate of drug-likeness (QED) is 0.610. The highest BCUT2D eigenvalue weighted by Gasteiger charge is 2.07. The van der Waals surface area contributed by atoms with Crippen molar-refractivity contribution in [1.82, 2.24) is 0 Å². The van der Waals surface area contributed by atoms with Gasteiger partial charge in [-0.1, -0.05) is 64.7 Å². The first-order chi connectivity index (χ1) is 8.45. The minimum Gasteiger partial charge on any atom is -0.462 e. The number of carbonyl (C=O) groups is 1. The molecule has 0 aromatic heterocycles. The molecule has 0 aromatic rings. The monoisotopic (exact) mass is 256 g/mol. The van der Waals surface area contributed by atoms with E-state index in [-0.39, 0.29) is 5.60 Å². The lowest BCUT2D eigenvalue weighted by Crippen LogP contribution is -2.17. The standard InChI is InChI=1S/C11H22.C5H10O2/c1-11-9-7-5-3-2-4-6-8-10-11;1-5(2,3)7-4-6/h11H,2-10H2,1H3;4H,1-3H3. The fourth-order valence-corrected chi connectivity index (χ4v) is 2.16. The van der Waals surface area contributed by atoms with Crippen molar-refractivity contribution in [2.45, 2.75) is 91.1 Å². The summed E-state index contributed by atoms with van der Waals surface area (Å²) in [4.78, 5) is 9.60. The second kappa shape index (κ2) is 10.4. The number of ether oxygens (including phenoxy) is 1. The van der Waals surface area contributed by atoms with Crippen LogP contribution in [0.2, 0.25) is 0 Å². The third kappa shape index (κ3) is 13.5. The van der Waals surface area contributed by atoms with E-state index in [9.17, 15) is 4.79 Å². The highest BCUT2D eigenvalue weighted by atomic mass is 16.5. The summed E-state index contributed by atoms with van der Waals surface area (Å²) in [5, 5.41) is 0. The molecule has 0 saturated heterocycles. The molecule has 0 unspecified atom stereocenters. The van der Waals surface area contributed by atoms with Gasteiger partial charge in [-0.05, 0) is 26.7 Å². The number of rotatable bonds is 1. The molecule has 0 bridgehead atoms. The molecule has 0 aliphatic heterocycles. The summed E-state index contributed by atoms with van der Waals surface area (Å²) in [6, 6.07) is 0. The third-order valence-corrected chi connectivity index (χ3v) is 3.30. The van der Waals surface area contributed by atoms with E-state index < -0.39 is 0 Å². The van der Waals surface area contributed by atoms with Gasteiger partial charge in [0.1, 0.15) is 5.60 Å². The van der Waals surface area contributed by atoms with Crippen LogP contribution in [-0.4, -0.2) is 12.1 Å². The van der Waals surface area contributed by atoms with Gasteiger partial charge in [0, 0.05) is 0 Å². The molecule has 0 spiro atoms. The smallest absolute Gasteiger partial charge is 0.293 e. The molecular formula is C16H32O2. The van der Waals surface area contributed by atoms with Gasteiger partial charge in [0.15, 0.2) is 0 Å². The predicted octanol–water partition coefficient (Wildman–Crippen LogP) is 5.10. The first-order valence-corrected chi connectivity index (χ1v) is 7.57. The third-order valence-electron chi connectivity index (χ3n) is 3.30. The van der Waals surface area contributed by atoms with Crippen molar-refractivity contribution >= 4 is 6.47 Å². The molecule has 0 heterocycles. The molecule has 1 aliphatic rings. The Morgan fingerprint density at radius 3 is 1.56 bits per heavy atom. The number of hydrogen-bond acceptors (Lipinski definition) is 2. The zero-order valence-electron chi connectivity index (χ0n) is 12.8. The Labute approximate surface area is 113 Å². The second-order valence-corrected chi connectivity index (χ2v) is 6.48. The maximum absolute atomic E-state index is 9.60. The minimum absolute atomic E-state index is 0.318. The first kappa shape index (κ1) is 17.5. The van der Waals surface area contributed by atoms with Gasteiger partial charge < -0.3 is 4.74 Å². The van der Waals surface area contributed by atoms with E-state index in [4.69, 9.17) is 0 Å². The van der Waals surface area contributed by atoms with Crippen LogP contribution < -0.4 is 0 Å². The highest BCUT2D eigenvalue weighted by molar-refractivity contribution is 5.37. The van der Waals surface area contributed by atoms with Crippen molar-refractivity contribution in [2.24, 2.45) is 5.92 Å². The van der Waals surface area contributed by atoms with Crippen LogP contribution in [0.15, 0.2) is 0 Å². The predicted molar refractivity (Wildman–Crippen MR) is 77.6 cm³/mol. The molecule has 108 valence electrons. The van der Waals surface area contributed by atoms with Gasteiger partial charge in [-0.15, -0.1) is 0 Å². The van der Waals surface area contributed by atoms with Crippen molar-refractivity contribution in [3.8, 4) is 0 Å². The van der Waals surface area contributed by atoms with Crippen LogP contribution in [0, 0.1) is 5.92 Å². The van der Waals surface area contributed by atoms with E-state index in [0.29, 0.717) is 6.47 Å². The van der Waals surface area contributed by atoms with Crippen molar-refractivity contribution in [2.75, 3.05) is 0 Å². The molecule has 1 fully saturated rings. The Hall–Kier alpha value is -0.530. The van der Waals surface area contributed by atoms with E-state index >= 15 is 0 Å². The molecule has 18 heavy (non-hydrogen) atoms. The molecule has 2 nitrogen and oxygen atoms in total. The van der Waals surface area contributed by atoms with Gasteiger partial charge in [0.05, 0.1) is 0 Å². The van der Waals surface area contributed by atoms with Crippen molar-refractivity contribution < 1.29 is 9.53 Å². The maximum Gasteiger partial charge on any atom is 0.293 e. The summed E-state index contributed by atoms with van der Waals surface area (Å²) in [6.07, 6.45) is 13.4. The van der Waals surface area contributed by atoms with Crippen LogP contribution in [0.4, 0.5) is 0 Å². The van der Waals surface area contributed by atoms with Crippen LogP contribution in [-0.2, 0) is 9.53 Å². The summed E-state index contributed by atoms with van der Waals surface area (Å²) in [5.41, 5.74) is -0.318. The van der Waals surface area contributed by atoms with E-state index in [2.05, 4.69) is 11.7 Å². The van der Waals surface area contributed by atoms with Crippen molar-refractivity contribution in [1.29, 1.82) is 0 Å². The Kier molecular flexibility index (Phi) is 10.1. The molecule has 2 heteroatoms. The van der Waals surface area contributed by atoms with Crippen LogP contribution >= 0.6 is 0 Å². The zero-order valence-corrected chi connectivity index (χ0v) is 12.8. The Balaban J connectivity index is 0.000000360. The van der Waals surface area contributed by atoms with Gasteiger partial charge in [0.2, 0.25) is 0 Å². The van der Waals surface area contributed by atoms with E-state index in [1.165, 1.54) is 57.8 Å². The maximum atomic E-state index is 9.60. The highest BCUT2D eigenvalue weighted by Crippen LogP contribution is 2.20. The van der Waals surface area contributed by atoms with E-state index in [1.807, 2.05) is 20.8 Å². The lowest BCUT2D eigenvalue weighted by Gasteiger charge is -2.14. The fourth-order valence-electron chi connectivity index (χ4n) is 2.16. The van der Waals surface area contributed by atoms with E-state index in [1.54, 1.807) is 0 Å². The molecule has 0 radical (unpaired) electrons. The summed E-state index contributed by atoms with van der Waals surface area (Å²) in [5.74, 6) is 1.01. The molecule has 1 aliphatic carbocycles. The summed E-state index contributed by atoms with van der Waals surface area (Å²) in [7, 11) is 0. The van der Waals surface area contributed by atoms with Crippen LogP contribution in [0.25, 0.3) is 0 Å². The van der Waals surface area contributed by atoms with Crippen molar-refractivity contribution in [3.63, 3.8) is 0 Å². The lowest BCUT2D eigenvalue weighted by molar-refractivity contribution is -0.138. The average Bonchev–Trinajstić information content (AvgIpc) is 2.27. The molecule has 0 amide bonds. The molecular weight excluding hydrogens is 224 g/mol. The van der Waals surface area contributed by atoms with Gasteiger partial charge in [-0.2, -0.15) is 0 Å². The minimum atomic E-state index is -0.318. The van der Waals surface area contributed by atoms with Gasteiger partial charge >= 0.3 is 0 Å². The van der Waals surface area contributed by atoms with Crippen LogP contribution in [0.1, 0.15) is 85.5 Å².